The summed E-state index contributed by atoms with van der Waals surface area (Å²) >= 11 is 3.25. The van der Waals surface area contributed by atoms with E-state index in [0.29, 0.717) is 10.1 Å². The van der Waals surface area contributed by atoms with Gasteiger partial charge in [-0.15, -0.1) is 11.3 Å². The quantitative estimate of drug-likeness (QED) is 0.180. The van der Waals surface area contributed by atoms with E-state index in [0.717, 1.165) is 38.3 Å². The molecule has 11 rings (SSSR count). The minimum atomic E-state index is -0.552. The van der Waals surface area contributed by atoms with Crippen molar-refractivity contribution in [2.75, 3.05) is 4.90 Å². The lowest BCUT2D eigenvalue weighted by atomic mass is 9.67. The number of hydrogen-bond acceptors (Lipinski definition) is 3. The summed E-state index contributed by atoms with van der Waals surface area (Å²) in [5.74, 6) is 0. The fourth-order valence-electron chi connectivity index (χ4n) is 8.55. The molecule has 244 valence electrons. The molecule has 2 aliphatic rings. The number of fused-ring (bicyclic) bond motifs is 12. The molecule has 0 amide bonds. The highest BCUT2D eigenvalue weighted by molar-refractivity contribution is 7.99. The van der Waals surface area contributed by atoms with Crippen LogP contribution in [0.5, 0.6) is 0 Å². The summed E-state index contributed by atoms with van der Waals surface area (Å²) in [5, 5.41) is 1.37. The molecule has 9 aromatic rings. The lowest BCUT2D eigenvalue weighted by Gasteiger charge is -2.40. The van der Waals surface area contributed by atoms with Crippen molar-refractivity contribution in [1.29, 1.82) is 0 Å². The zero-order valence-electron chi connectivity index (χ0n) is 31.9. The number of rotatable bonds is 4. The highest BCUT2D eigenvalue weighted by atomic mass is 32.2. The van der Waals surface area contributed by atoms with Crippen LogP contribution in [0.3, 0.4) is 0 Å². The molecule has 0 unspecified atom stereocenters. The molecule has 0 bridgehead atoms. The predicted octanol–water partition coefficient (Wildman–Crippen LogP) is 14.0. The Kier molecular flexibility index (Phi) is 5.79. The van der Waals surface area contributed by atoms with E-state index in [1.54, 1.807) is 0 Å². The molecule has 1 nitrogen and oxygen atoms in total. The van der Waals surface area contributed by atoms with Gasteiger partial charge in [-0.2, -0.15) is 0 Å². The van der Waals surface area contributed by atoms with E-state index in [4.69, 9.17) is 5.48 Å². The number of anilines is 3. The maximum Gasteiger partial charge on any atom is 0.0736 e. The molecule has 0 saturated carbocycles. The van der Waals surface area contributed by atoms with Gasteiger partial charge in [0.2, 0.25) is 0 Å². The number of nitrogens with zero attached hydrogens (tertiary/aromatic N) is 1. The molecule has 1 spiro atoms. The summed E-state index contributed by atoms with van der Waals surface area (Å²) in [7, 11) is 0. The zero-order chi connectivity index (χ0) is 37.7. The summed E-state index contributed by atoms with van der Waals surface area (Å²) in [6.45, 7) is 0. The lowest BCUT2D eigenvalue weighted by Crippen LogP contribution is -2.32. The van der Waals surface area contributed by atoms with Crippen LogP contribution in [0.1, 0.15) is 27.7 Å². The smallest absolute Gasteiger partial charge is 0.0736 e. The second-order valence-corrected chi connectivity index (χ2v) is 15.5. The Balaban J connectivity index is 1.22. The van der Waals surface area contributed by atoms with Crippen LogP contribution in [0, 0.1) is 0 Å². The third-order valence-electron chi connectivity index (χ3n) is 10.7. The minimum Gasteiger partial charge on any atom is -0.310 e. The van der Waals surface area contributed by atoms with E-state index < -0.39 is 5.41 Å². The third-order valence-corrected chi connectivity index (χ3v) is 12.9. The Bertz CT molecular complexity index is 3020. The average molecular weight is 702 g/mol. The van der Waals surface area contributed by atoms with Crippen molar-refractivity contribution in [1.82, 2.24) is 0 Å². The first kappa shape index (κ1) is 26.0. The van der Waals surface area contributed by atoms with Crippen LogP contribution in [-0.4, -0.2) is 0 Å². The van der Waals surface area contributed by atoms with Crippen molar-refractivity contribution in [3.63, 3.8) is 0 Å². The van der Waals surface area contributed by atoms with Gasteiger partial charge in [0.15, 0.2) is 0 Å². The second kappa shape index (κ2) is 11.6. The van der Waals surface area contributed by atoms with Crippen molar-refractivity contribution in [3.05, 3.63) is 210 Å². The third kappa shape index (κ3) is 4.24. The Labute approximate surface area is 317 Å². The van der Waals surface area contributed by atoms with Gasteiger partial charge >= 0.3 is 0 Å². The van der Waals surface area contributed by atoms with E-state index in [-0.39, 0.29) is 24.2 Å². The standard InChI is InChI=1S/C49H31NS2/c1-2-13-32(14-3-1)33-25-27-34(28-26-33)50(43-20-12-24-47-48(43)38-16-5-9-21-44(38)51-47)35-29-30-37-36-15-4-6-17-39(36)49(42(37)31-35)40-18-7-10-22-45(40)52-46-23-11-8-19-41(46)49/h1-31H/i5D,9D,16D,21D. The highest BCUT2D eigenvalue weighted by Gasteiger charge is 2.50. The van der Waals surface area contributed by atoms with Gasteiger partial charge in [0.25, 0.3) is 0 Å². The maximum absolute atomic E-state index is 9.13. The van der Waals surface area contributed by atoms with Crippen LogP contribution < -0.4 is 4.90 Å². The van der Waals surface area contributed by atoms with Crippen molar-refractivity contribution < 1.29 is 5.48 Å². The van der Waals surface area contributed by atoms with Crippen molar-refractivity contribution in [2.24, 2.45) is 0 Å². The molecule has 1 aliphatic heterocycles. The summed E-state index contributed by atoms with van der Waals surface area (Å²) in [5.41, 5.74) is 11.9. The van der Waals surface area contributed by atoms with Gasteiger partial charge in [-0.3, -0.25) is 0 Å². The van der Waals surface area contributed by atoms with E-state index >= 15 is 0 Å². The summed E-state index contributed by atoms with van der Waals surface area (Å²) in [6, 6.07) is 58.0. The van der Waals surface area contributed by atoms with E-state index in [2.05, 4.69) is 150 Å². The lowest BCUT2D eigenvalue weighted by molar-refractivity contribution is 0.722. The van der Waals surface area contributed by atoms with Gasteiger partial charge in [0, 0.05) is 41.3 Å². The Hall–Kier alpha value is -5.87. The van der Waals surface area contributed by atoms with Gasteiger partial charge in [0.1, 0.15) is 0 Å². The normalized spacial score (nSPS) is 14.5. The van der Waals surface area contributed by atoms with Crippen molar-refractivity contribution in [2.45, 2.75) is 15.2 Å². The van der Waals surface area contributed by atoms with Gasteiger partial charge in [-0.25, -0.2) is 0 Å². The first-order valence-electron chi connectivity index (χ1n) is 19.4. The molecule has 0 radical (unpaired) electrons. The molecule has 0 atom stereocenters. The molecule has 52 heavy (non-hydrogen) atoms. The molecule has 0 N–H and O–H groups in total. The Morgan fingerprint density at radius 2 is 1.12 bits per heavy atom. The second-order valence-electron chi connectivity index (χ2n) is 13.3. The SMILES string of the molecule is [2H]c1c([2H])c([2H])c2c(sc3cccc(N(c4ccc(-c5ccccc5)cc4)c4ccc5c(c4)C4(c6ccccc6Sc6ccccc64)c4ccccc4-5)c32)c1[2H]. The maximum atomic E-state index is 9.13. The summed E-state index contributed by atoms with van der Waals surface area (Å²) in [4.78, 5) is 4.77. The molecule has 8 aromatic carbocycles. The number of hydrogen-bond donors (Lipinski definition) is 0. The molecular weight excluding hydrogens is 667 g/mol. The summed E-state index contributed by atoms with van der Waals surface area (Å²) < 4.78 is 36.6. The van der Waals surface area contributed by atoms with E-state index in [9.17, 15) is 0 Å². The van der Waals surface area contributed by atoms with Gasteiger partial charge in [-0.1, -0.05) is 145 Å². The highest BCUT2D eigenvalue weighted by Crippen LogP contribution is 2.62. The van der Waals surface area contributed by atoms with Gasteiger partial charge in [0.05, 0.1) is 16.6 Å². The average Bonchev–Trinajstić information content (AvgIpc) is 3.78. The molecular formula is C49H31NS2. The molecule has 1 aliphatic carbocycles. The first-order valence-corrected chi connectivity index (χ1v) is 19.1. The van der Waals surface area contributed by atoms with Crippen LogP contribution in [0.25, 0.3) is 42.4 Å². The van der Waals surface area contributed by atoms with Crippen molar-refractivity contribution in [3.8, 4) is 22.3 Å². The van der Waals surface area contributed by atoms with Crippen molar-refractivity contribution >= 4 is 60.3 Å². The molecule has 3 heteroatoms. The van der Waals surface area contributed by atoms with Crippen LogP contribution in [-0.2, 0) is 5.41 Å². The van der Waals surface area contributed by atoms with Gasteiger partial charge < -0.3 is 4.90 Å². The molecule has 1 aromatic heterocycles. The fraction of sp³-hybridized carbons (Fsp3) is 0.0204. The first-order chi connectivity index (χ1) is 27.4. The topological polar surface area (TPSA) is 3.24 Å². The van der Waals surface area contributed by atoms with Crippen LogP contribution in [0.4, 0.5) is 17.1 Å². The monoisotopic (exact) mass is 701 g/mol. The fourth-order valence-corrected chi connectivity index (χ4v) is 10.8. The minimum absolute atomic E-state index is 0.00310. The molecule has 0 saturated heterocycles. The zero-order valence-corrected chi connectivity index (χ0v) is 29.5. The Morgan fingerprint density at radius 1 is 0.481 bits per heavy atom. The summed E-state index contributed by atoms with van der Waals surface area (Å²) in [6.07, 6.45) is 0. The van der Waals surface area contributed by atoms with Crippen LogP contribution in [0.2, 0.25) is 0 Å². The Morgan fingerprint density at radius 3 is 1.90 bits per heavy atom. The number of thiophene rings is 1. The van der Waals surface area contributed by atoms with E-state index in [1.165, 1.54) is 54.5 Å². The molecule has 2 heterocycles. The number of benzene rings is 8. The van der Waals surface area contributed by atoms with Crippen LogP contribution in [0.15, 0.2) is 198 Å². The predicted molar refractivity (Wildman–Crippen MR) is 221 cm³/mol. The van der Waals surface area contributed by atoms with Crippen LogP contribution >= 0.6 is 23.1 Å². The van der Waals surface area contributed by atoms with E-state index in [1.807, 2.05) is 30.0 Å². The van der Waals surface area contributed by atoms with Gasteiger partial charge in [-0.05, 0) is 99.1 Å². The largest absolute Gasteiger partial charge is 0.310 e. The molecule has 0 fully saturated rings.